The van der Waals surface area contributed by atoms with Crippen molar-refractivity contribution < 1.29 is 9.18 Å². The van der Waals surface area contributed by atoms with Gasteiger partial charge in [0.05, 0.1) is 0 Å². The number of benzene rings is 2. The average Bonchev–Trinajstić information content (AvgIpc) is 2.85. The number of carbonyl (C=O) groups excluding carboxylic acids is 1. The number of piperidine rings is 1. The van der Waals surface area contributed by atoms with Crippen LogP contribution in [-0.2, 0) is 6.54 Å². The molecule has 25 heavy (non-hydrogen) atoms. The summed E-state index contributed by atoms with van der Waals surface area (Å²) in [6, 6.07) is 17.7. The summed E-state index contributed by atoms with van der Waals surface area (Å²) in [5, 5.41) is 3.12. The first-order valence-electron chi connectivity index (χ1n) is 9.05. The van der Waals surface area contributed by atoms with Crippen LogP contribution in [0.5, 0.6) is 0 Å². The first-order chi connectivity index (χ1) is 12.2. The predicted octanol–water partition coefficient (Wildman–Crippen LogP) is 3.75. The molecule has 0 saturated carbocycles. The SMILES string of the molecule is O=C(NC1C[C@H]2CC[C@H](C1)N2Cc1ccccc1)c1cccc(F)c1. The van der Waals surface area contributed by atoms with Crippen LogP contribution >= 0.6 is 0 Å². The third-order valence-corrected chi connectivity index (χ3v) is 5.51. The van der Waals surface area contributed by atoms with Crippen molar-refractivity contribution in [3.63, 3.8) is 0 Å². The van der Waals surface area contributed by atoms with E-state index in [1.54, 1.807) is 12.1 Å². The third-order valence-electron chi connectivity index (χ3n) is 5.51. The number of nitrogens with one attached hydrogen (secondary N) is 1. The Kier molecular flexibility index (Phi) is 4.53. The summed E-state index contributed by atoms with van der Waals surface area (Å²) >= 11 is 0. The smallest absolute Gasteiger partial charge is 0.251 e. The van der Waals surface area contributed by atoms with Crippen molar-refractivity contribution in [2.75, 3.05) is 0 Å². The molecule has 0 aliphatic carbocycles. The summed E-state index contributed by atoms with van der Waals surface area (Å²) in [4.78, 5) is 15.0. The highest BCUT2D eigenvalue weighted by atomic mass is 19.1. The van der Waals surface area contributed by atoms with Gasteiger partial charge in [-0.2, -0.15) is 0 Å². The van der Waals surface area contributed by atoms with Crippen molar-refractivity contribution in [2.24, 2.45) is 0 Å². The van der Waals surface area contributed by atoms with Gasteiger partial charge < -0.3 is 5.32 Å². The maximum atomic E-state index is 13.3. The summed E-state index contributed by atoms with van der Waals surface area (Å²) in [5.41, 5.74) is 1.75. The summed E-state index contributed by atoms with van der Waals surface area (Å²) in [5.74, 6) is -0.536. The molecule has 130 valence electrons. The topological polar surface area (TPSA) is 32.3 Å². The highest BCUT2D eigenvalue weighted by Crippen LogP contribution is 2.36. The van der Waals surface area contributed by atoms with Crippen LogP contribution in [0.3, 0.4) is 0 Å². The lowest BCUT2D eigenvalue weighted by Crippen LogP contribution is -2.50. The lowest BCUT2D eigenvalue weighted by Gasteiger charge is -2.39. The zero-order valence-corrected chi connectivity index (χ0v) is 14.2. The molecule has 2 aromatic rings. The molecule has 2 heterocycles. The van der Waals surface area contributed by atoms with E-state index >= 15 is 0 Å². The van der Waals surface area contributed by atoms with E-state index in [2.05, 4.69) is 34.5 Å². The number of hydrogen-bond acceptors (Lipinski definition) is 2. The number of amides is 1. The van der Waals surface area contributed by atoms with Crippen LogP contribution in [0.1, 0.15) is 41.6 Å². The molecule has 1 N–H and O–H groups in total. The largest absolute Gasteiger partial charge is 0.349 e. The molecular formula is C21H23FN2O. The molecule has 2 atom stereocenters. The average molecular weight is 338 g/mol. The Hall–Kier alpha value is -2.20. The second kappa shape index (κ2) is 6.96. The normalized spacial score (nSPS) is 25.7. The fraction of sp³-hybridized carbons (Fsp3) is 0.381. The fourth-order valence-electron chi connectivity index (χ4n) is 4.34. The predicted molar refractivity (Wildman–Crippen MR) is 95.7 cm³/mol. The Morgan fingerprint density at radius 2 is 1.76 bits per heavy atom. The van der Waals surface area contributed by atoms with Crippen LogP contribution in [0.15, 0.2) is 54.6 Å². The van der Waals surface area contributed by atoms with Crippen molar-refractivity contribution in [2.45, 2.75) is 50.4 Å². The second-order valence-electron chi connectivity index (χ2n) is 7.20. The van der Waals surface area contributed by atoms with Crippen molar-refractivity contribution in [3.8, 4) is 0 Å². The standard InChI is InChI=1S/C21H23FN2O/c22-17-8-4-7-16(11-17)21(25)23-18-12-19-9-10-20(13-18)24(19)14-15-5-2-1-3-6-15/h1-8,11,18-20H,9-10,12-14H2,(H,23,25)/t19-,20-/m1/s1. The molecule has 2 fully saturated rings. The van der Waals surface area contributed by atoms with Crippen LogP contribution in [0.25, 0.3) is 0 Å². The molecule has 0 aromatic heterocycles. The number of rotatable bonds is 4. The van der Waals surface area contributed by atoms with Crippen LogP contribution in [0.2, 0.25) is 0 Å². The third kappa shape index (κ3) is 3.59. The quantitative estimate of drug-likeness (QED) is 0.921. The van der Waals surface area contributed by atoms with Gasteiger partial charge in [-0.05, 0) is 49.4 Å². The molecule has 1 amide bonds. The van der Waals surface area contributed by atoms with Crippen LogP contribution in [0, 0.1) is 5.82 Å². The fourth-order valence-corrected chi connectivity index (χ4v) is 4.34. The maximum Gasteiger partial charge on any atom is 0.251 e. The van der Waals surface area contributed by atoms with E-state index in [9.17, 15) is 9.18 Å². The van der Waals surface area contributed by atoms with Gasteiger partial charge in [0, 0.05) is 30.2 Å². The van der Waals surface area contributed by atoms with Crippen LogP contribution in [-0.4, -0.2) is 28.9 Å². The number of carbonyl (C=O) groups is 1. The first kappa shape index (κ1) is 16.3. The Balaban J connectivity index is 1.39. The monoisotopic (exact) mass is 338 g/mol. The minimum Gasteiger partial charge on any atom is -0.349 e. The van der Waals surface area contributed by atoms with E-state index in [0.29, 0.717) is 17.6 Å². The highest BCUT2D eigenvalue weighted by molar-refractivity contribution is 5.94. The van der Waals surface area contributed by atoms with Crippen molar-refractivity contribution in [3.05, 3.63) is 71.5 Å². The first-order valence-corrected chi connectivity index (χ1v) is 9.05. The summed E-state index contributed by atoms with van der Waals surface area (Å²) < 4.78 is 13.3. The van der Waals surface area contributed by atoms with Gasteiger partial charge in [-0.25, -0.2) is 4.39 Å². The molecule has 2 saturated heterocycles. The molecular weight excluding hydrogens is 315 g/mol. The molecule has 3 nitrogen and oxygen atoms in total. The Morgan fingerprint density at radius 1 is 1.04 bits per heavy atom. The van der Waals surface area contributed by atoms with E-state index in [-0.39, 0.29) is 17.8 Å². The van der Waals surface area contributed by atoms with Gasteiger partial charge in [-0.15, -0.1) is 0 Å². The number of halogens is 1. The molecule has 0 unspecified atom stereocenters. The molecule has 0 spiro atoms. The second-order valence-corrected chi connectivity index (χ2v) is 7.20. The molecule has 4 heteroatoms. The van der Waals surface area contributed by atoms with Crippen molar-refractivity contribution in [1.82, 2.24) is 10.2 Å². The molecule has 4 rings (SSSR count). The molecule has 2 aliphatic rings. The number of fused-ring (bicyclic) bond motifs is 2. The van der Waals surface area contributed by atoms with E-state index in [1.807, 2.05) is 6.07 Å². The summed E-state index contributed by atoms with van der Waals surface area (Å²) in [6.07, 6.45) is 4.35. The van der Waals surface area contributed by atoms with Gasteiger partial charge >= 0.3 is 0 Å². The zero-order chi connectivity index (χ0) is 17.2. The lowest BCUT2D eigenvalue weighted by atomic mass is 9.96. The van der Waals surface area contributed by atoms with Gasteiger partial charge in [0.1, 0.15) is 5.82 Å². The van der Waals surface area contributed by atoms with Gasteiger partial charge in [0.2, 0.25) is 0 Å². The summed E-state index contributed by atoms with van der Waals surface area (Å²) in [6.45, 7) is 0.987. The number of hydrogen-bond donors (Lipinski definition) is 1. The summed E-state index contributed by atoms with van der Waals surface area (Å²) in [7, 11) is 0. The Labute approximate surface area is 147 Å². The van der Waals surface area contributed by atoms with Crippen LogP contribution < -0.4 is 5.32 Å². The zero-order valence-electron chi connectivity index (χ0n) is 14.2. The Morgan fingerprint density at radius 3 is 2.44 bits per heavy atom. The van der Waals surface area contributed by atoms with E-state index in [1.165, 1.54) is 30.5 Å². The van der Waals surface area contributed by atoms with E-state index < -0.39 is 0 Å². The Bertz CT molecular complexity index is 735. The van der Waals surface area contributed by atoms with E-state index in [0.717, 1.165) is 19.4 Å². The van der Waals surface area contributed by atoms with Crippen LogP contribution in [0.4, 0.5) is 4.39 Å². The number of nitrogens with zero attached hydrogens (tertiary/aromatic N) is 1. The van der Waals surface area contributed by atoms with Gasteiger partial charge in [0.15, 0.2) is 0 Å². The van der Waals surface area contributed by atoms with Crippen molar-refractivity contribution >= 4 is 5.91 Å². The van der Waals surface area contributed by atoms with Gasteiger partial charge in [-0.1, -0.05) is 36.4 Å². The van der Waals surface area contributed by atoms with E-state index in [4.69, 9.17) is 0 Å². The molecule has 0 radical (unpaired) electrons. The molecule has 2 bridgehead atoms. The molecule has 2 aromatic carbocycles. The van der Waals surface area contributed by atoms with Crippen molar-refractivity contribution in [1.29, 1.82) is 0 Å². The maximum absolute atomic E-state index is 13.3. The highest BCUT2D eigenvalue weighted by Gasteiger charge is 2.40. The minimum atomic E-state index is -0.370. The minimum absolute atomic E-state index is 0.166. The molecule has 2 aliphatic heterocycles. The lowest BCUT2D eigenvalue weighted by molar-refractivity contribution is 0.0827. The van der Waals surface area contributed by atoms with Gasteiger partial charge in [-0.3, -0.25) is 9.69 Å². The van der Waals surface area contributed by atoms with Gasteiger partial charge in [0.25, 0.3) is 5.91 Å².